The highest BCUT2D eigenvalue weighted by Crippen LogP contribution is 2.37. The van der Waals surface area contributed by atoms with Crippen molar-refractivity contribution in [3.05, 3.63) is 23.9 Å². The lowest BCUT2D eigenvalue weighted by molar-refractivity contribution is -0.137. The maximum Gasteiger partial charge on any atom is 0.419 e. The Morgan fingerprint density at radius 3 is 2.55 bits per heavy atom. The van der Waals surface area contributed by atoms with Crippen LogP contribution in [0.25, 0.3) is 0 Å². The van der Waals surface area contributed by atoms with E-state index < -0.39 is 11.7 Å². The molecule has 1 aliphatic carbocycles. The SMILES string of the molecule is NCCN(c1ncccc1C(F)(F)F)C1CCCCC1. The van der Waals surface area contributed by atoms with Crippen LogP contribution in [0.3, 0.4) is 0 Å². The van der Waals surface area contributed by atoms with Crippen molar-refractivity contribution >= 4 is 5.82 Å². The molecule has 1 fully saturated rings. The van der Waals surface area contributed by atoms with Gasteiger partial charge in [-0.2, -0.15) is 13.2 Å². The average molecular weight is 287 g/mol. The van der Waals surface area contributed by atoms with Crippen LogP contribution in [0.1, 0.15) is 37.7 Å². The number of hydrogen-bond acceptors (Lipinski definition) is 3. The van der Waals surface area contributed by atoms with Gasteiger partial charge in [-0.1, -0.05) is 19.3 Å². The molecular weight excluding hydrogens is 267 g/mol. The van der Waals surface area contributed by atoms with Crippen LogP contribution in [0.2, 0.25) is 0 Å². The van der Waals surface area contributed by atoms with Gasteiger partial charge in [0.05, 0.1) is 5.56 Å². The van der Waals surface area contributed by atoms with E-state index in [-0.39, 0.29) is 11.9 Å². The lowest BCUT2D eigenvalue weighted by atomic mass is 9.94. The van der Waals surface area contributed by atoms with Crippen molar-refractivity contribution in [2.45, 2.75) is 44.3 Å². The maximum absolute atomic E-state index is 13.1. The van der Waals surface area contributed by atoms with Crippen LogP contribution < -0.4 is 10.6 Å². The standard InChI is InChI=1S/C14H20F3N3/c15-14(16,17)12-7-4-9-19-13(12)20(10-8-18)11-5-2-1-3-6-11/h4,7,9,11H,1-3,5-6,8,10,18H2. The Hall–Kier alpha value is -1.30. The molecule has 20 heavy (non-hydrogen) atoms. The number of pyridine rings is 1. The molecule has 6 heteroatoms. The first-order valence-corrected chi connectivity index (χ1v) is 7.03. The van der Waals surface area contributed by atoms with Gasteiger partial charge in [-0.25, -0.2) is 4.98 Å². The first-order chi connectivity index (χ1) is 9.54. The molecule has 0 atom stereocenters. The van der Waals surface area contributed by atoms with Gasteiger partial charge in [-0.05, 0) is 25.0 Å². The molecule has 1 saturated carbocycles. The summed E-state index contributed by atoms with van der Waals surface area (Å²) < 4.78 is 39.4. The average Bonchev–Trinajstić information content (AvgIpc) is 2.45. The highest BCUT2D eigenvalue weighted by atomic mass is 19.4. The Morgan fingerprint density at radius 2 is 1.95 bits per heavy atom. The summed E-state index contributed by atoms with van der Waals surface area (Å²) in [5.41, 5.74) is 4.91. The molecule has 112 valence electrons. The van der Waals surface area contributed by atoms with Crippen molar-refractivity contribution < 1.29 is 13.2 Å². The van der Waals surface area contributed by atoms with Gasteiger partial charge >= 0.3 is 6.18 Å². The van der Waals surface area contributed by atoms with Gasteiger partial charge in [0.1, 0.15) is 5.82 Å². The van der Waals surface area contributed by atoms with Crippen molar-refractivity contribution in [1.29, 1.82) is 0 Å². The Labute approximate surface area is 117 Å². The summed E-state index contributed by atoms with van der Waals surface area (Å²) in [6.07, 6.45) is 2.12. The highest BCUT2D eigenvalue weighted by Gasteiger charge is 2.37. The summed E-state index contributed by atoms with van der Waals surface area (Å²) in [6, 6.07) is 2.53. The molecule has 0 radical (unpaired) electrons. The van der Waals surface area contributed by atoms with Crippen molar-refractivity contribution in [3.8, 4) is 0 Å². The quantitative estimate of drug-likeness (QED) is 0.924. The fraction of sp³-hybridized carbons (Fsp3) is 0.643. The second kappa shape index (κ2) is 6.43. The third-order valence-electron chi connectivity index (χ3n) is 3.75. The number of anilines is 1. The molecule has 0 saturated heterocycles. The molecule has 2 rings (SSSR count). The van der Waals surface area contributed by atoms with Crippen LogP contribution in [-0.4, -0.2) is 24.1 Å². The van der Waals surface area contributed by atoms with E-state index in [1.807, 2.05) is 0 Å². The van der Waals surface area contributed by atoms with E-state index in [4.69, 9.17) is 5.73 Å². The first-order valence-electron chi connectivity index (χ1n) is 7.03. The minimum absolute atomic E-state index is 0.0253. The van der Waals surface area contributed by atoms with Crippen molar-refractivity contribution in [3.63, 3.8) is 0 Å². The molecular formula is C14H20F3N3. The predicted molar refractivity (Wildman–Crippen MR) is 72.5 cm³/mol. The van der Waals surface area contributed by atoms with Gasteiger partial charge in [-0.15, -0.1) is 0 Å². The maximum atomic E-state index is 13.1. The monoisotopic (exact) mass is 287 g/mol. The van der Waals surface area contributed by atoms with Crippen LogP contribution in [0, 0.1) is 0 Å². The van der Waals surface area contributed by atoms with Crippen LogP contribution in [-0.2, 0) is 6.18 Å². The van der Waals surface area contributed by atoms with Crippen LogP contribution in [0.4, 0.5) is 19.0 Å². The van der Waals surface area contributed by atoms with Crippen molar-refractivity contribution in [1.82, 2.24) is 4.98 Å². The molecule has 0 unspecified atom stereocenters. The van der Waals surface area contributed by atoms with Gasteiger partial charge in [0, 0.05) is 25.3 Å². The lowest BCUT2D eigenvalue weighted by Crippen LogP contribution is -2.41. The second-order valence-corrected chi connectivity index (χ2v) is 5.15. The summed E-state index contributed by atoms with van der Waals surface area (Å²) in [5, 5.41) is 0. The number of aromatic nitrogens is 1. The molecule has 0 amide bonds. The normalized spacial score (nSPS) is 17.2. The fourth-order valence-electron chi connectivity index (χ4n) is 2.84. The van der Waals surface area contributed by atoms with E-state index in [0.29, 0.717) is 13.1 Å². The van der Waals surface area contributed by atoms with Gasteiger partial charge in [0.25, 0.3) is 0 Å². The minimum atomic E-state index is -4.38. The molecule has 1 aliphatic rings. The van der Waals surface area contributed by atoms with Gasteiger partial charge in [0.15, 0.2) is 0 Å². The largest absolute Gasteiger partial charge is 0.419 e. The minimum Gasteiger partial charge on any atom is -0.352 e. The van der Waals surface area contributed by atoms with E-state index in [9.17, 15) is 13.2 Å². The number of nitrogens with zero attached hydrogens (tertiary/aromatic N) is 2. The third kappa shape index (κ3) is 3.42. The van der Waals surface area contributed by atoms with Gasteiger partial charge < -0.3 is 10.6 Å². The molecule has 0 aliphatic heterocycles. The lowest BCUT2D eigenvalue weighted by Gasteiger charge is -2.36. The van der Waals surface area contributed by atoms with E-state index in [1.165, 1.54) is 12.3 Å². The van der Waals surface area contributed by atoms with E-state index in [2.05, 4.69) is 4.98 Å². The van der Waals surface area contributed by atoms with E-state index in [0.717, 1.165) is 38.2 Å². The second-order valence-electron chi connectivity index (χ2n) is 5.15. The van der Waals surface area contributed by atoms with E-state index in [1.54, 1.807) is 4.90 Å². The third-order valence-corrected chi connectivity index (χ3v) is 3.75. The molecule has 0 aromatic carbocycles. The number of halogens is 3. The molecule has 3 nitrogen and oxygen atoms in total. The van der Waals surface area contributed by atoms with Gasteiger partial charge in [-0.3, -0.25) is 0 Å². The molecule has 2 N–H and O–H groups in total. The summed E-state index contributed by atoms with van der Waals surface area (Å²) in [7, 11) is 0. The number of nitrogens with two attached hydrogens (primary N) is 1. The molecule has 1 aromatic heterocycles. The van der Waals surface area contributed by atoms with Crippen LogP contribution in [0.15, 0.2) is 18.3 Å². The zero-order chi connectivity index (χ0) is 14.6. The number of alkyl halides is 3. The first kappa shape index (κ1) is 15.1. The Balaban J connectivity index is 2.33. The molecule has 1 aromatic rings. The van der Waals surface area contributed by atoms with Gasteiger partial charge in [0.2, 0.25) is 0 Å². The Kier molecular flexibility index (Phi) is 4.86. The summed E-state index contributed by atoms with van der Waals surface area (Å²) >= 11 is 0. The smallest absolute Gasteiger partial charge is 0.352 e. The summed E-state index contributed by atoms with van der Waals surface area (Å²) in [4.78, 5) is 5.74. The fourth-order valence-corrected chi connectivity index (χ4v) is 2.84. The molecule has 0 bridgehead atoms. The van der Waals surface area contributed by atoms with Crippen LogP contribution >= 0.6 is 0 Å². The summed E-state index contributed by atoms with van der Waals surface area (Å²) in [5.74, 6) is 0.0253. The number of rotatable bonds is 4. The molecule has 0 spiro atoms. The van der Waals surface area contributed by atoms with Crippen molar-refractivity contribution in [2.24, 2.45) is 5.73 Å². The Morgan fingerprint density at radius 1 is 1.25 bits per heavy atom. The zero-order valence-corrected chi connectivity index (χ0v) is 11.4. The predicted octanol–water partition coefficient (Wildman–Crippen LogP) is 3.20. The topological polar surface area (TPSA) is 42.1 Å². The van der Waals surface area contributed by atoms with E-state index >= 15 is 0 Å². The Bertz CT molecular complexity index is 428. The zero-order valence-electron chi connectivity index (χ0n) is 11.4. The van der Waals surface area contributed by atoms with Crippen LogP contribution in [0.5, 0.6) is 0 Å². The summed E-state index contributed by atoms with van der Waals surface area (Å²) in [6.45, 7) is 0.731. The number of hydrogen-bond donors (Lipinski definition) is 1. The molecule has 1 heterocycles. The highest BCUT2D eigenvalue weighted by molar-refractivity contribution is 5.49. The van der Waals surface area contributed by atoms with Crippen molar-refractivity contribution in [2.75, 3.05) is 18.0 Å².